The van der Waals surface area contributed by atoms with Gasteiger partial charge < -0.3 is 10.4 Å². The minimum atomic E-state index is -1.19. The van der Waals surface area contributed by atoms with Crippen molar-refractivity contribution in [1.82, 2.24) is 5.32 Å². The van der Waals surface area contributed by atoms with Crippen LogP contribution in [0.3, 0.4) is 0 Å². The molecule has 2 N–H and O–H groups in total. The molecule has 0 aromatic rings. The highest BCUT2D eigenvalue weighted by molar-refractivity contribution is 7.82. The van der Waals surface area contributed by atoms with Gasteiger partial charge in [-0.15, -0.1) is 12.6 Å². The van der Waals surface area contributed by atoms with E-state index < -0.39 is 10.8 Å². The van der Waals surface area contributed by atoms with Gasteiger partial charge in [-0.05, 0) is 26.0 Å². The molecule has 0 aliphatic heterocycles. The maximum atomic E-state index is 10.9. The second-order valence-corrected chi connectivity index (χ2v) is 8.20. The van der Waals surface area contributed by atoms with Crippen LogP contribution in [0.25, 0.3) is 0 Å². The number of nitrogens with one attached hydrogen (secondary N) is 1. The van der Waals surface area contributed by atoms with Crippen molar-refractivity contribution in [3.05, 3.63) is 12.3 Å². The van der Waals surface area contributed by atoms with E-state index in [2.05, 4.69) is 24.9 Å². The molecule has 0 amide bonds. The lowest BCUT2D eigenvalue weighted by atomic mass is 10.0. The van der Waals surface area contributed by atoms with Crippen LogP contribution >= 0.6 is 12.6 Å². The summed E-state index contributed by atoms with van der Waals surface area (Å²) in [6, 6.07) is 0. The number of unbranched alkanes of at least 4 members (excludes halogenated alkanes) is 14. The second kappa shape index (κ2) is 16.8. The topological polar surface area (TPSA) is 49.3 Å². The number of hydrogen-bond donors (Lipinski definition) is 3. The highest BCUT2D eigenvalue weighted by Gasteiger charge is 2.26. The highest BCUT2D eigenvalue weighted by Crippen LogP contribution is 2.13. The Morgan fingerprint density at radius 1 is 0.880 bits per heavy atom. The summed E-state index contributed by atoms with van der Waals surface area (Å²) in [5, 5.41) is 11.7. The van der Waals surface area contributed by atoms with Gasteiger partial charge in [0.25, 0.3) is 0 Å². The molecule has 0 rings (SSSR count). The Balaban J connectivity index is 3.23. The Morgan fingerprint density at radius 3 is 1.68 bits per heavy atom. The first-order chi connectivity index (χ1) is 12.0. The van der Waals surface area contributed by atoms with Gasteiger partial charge >= 0.3 is 5.97 Å². The van der Waals surface area contributed by atoms with E-state index in [-0.39, 0.29) is 0 Å². The Kier molecular flexibility index (Phi) is 16.4. The molecular formula is C21H41NO2S. The fourth-order valence-electron chi connectivity index (χ4n) is 2.82. The molecule has 0 aliphatic carbocycles. The summed E-state index contributed by atoms with van der Waals surface area (Å²) >= 11 is 4.05. The molecule has 0 radical (unpaired) electrons. The fraction of sp³-hybridized carbons (Fsp3) is 0.857. The first-order valence-corrected chi connectivity index (χ1v) is 10.8. The molecule has 25 heavy (non-hydrogen) atoms. The molecule has 0 heterocycles. The third-order valence-corrected chi connectivity index (χ3v) is 4.94. The minimum absolute atomic E-state index is 0.961. The molecule has 0 aromatic heterocycles. The highest BCUT2D eigenvalue weighted by atomic mass is 32.1. The maximum absolute atomic E-state index is 10.9. The van der Waals surface area contributed by atoms with E-state index in [1.807, 2.05) is 6.08 Å². The van der Waals surface area contributed by atoms with Gasteiger partial charge in [0.15, 0.2) is 4.87 Å². The van der Waals surface area contributed by atoms with Crippen LogP contribution in [0.2, 0.25) is 0 Å². The number of carboxylic acids is 1. The van der Waals surface area contributed by atoms with E-state index in [0.717, 1.165) is 6.42 Å². The van der Waals surface area contributed by atoms with Gasteiger partial charge in [0.1, 0.15) is 0 Å². The summed E-state index contributed by atoms with van der Waals surface area (Å²) in [7, 11) is 0. The quantitative estimate of drug-likeness (QED) is 0.143. The number of thiol groups is 1. The lowest BCUT2D eigenvalue weighted by Crippen LogP contribution is -2.41. The average molecular weight is 372 g/mol. The zero-order valence-electron chi connectivity index (χ0n) is 16.6. The average Bonchev–Trinajstić information content (AvgIpc) is 2.57. The zero-order chi connectivity index (χ0) is 18.8. The van der Waals surface area contributed by atoms with Gasteiger partial charge in [-0.2, -0.15) is 0 Å². The van der Waals surface area contributed by atoms with Crippen molar-refractivity contribution < 1.29 is 9.90 Å². The monoisotopic (exact) mass is 371 g/mol. The number of hydrogen-bond acceptors (Lipinski definition) is 3. The fourth-order valence-corrected chi connectivity index (χ4v) is 2.90. The molecule has 0 aromatic carbocycles. The SMILES string of the molecule is CCCCCCCCCCCCCCCCC=CNC(C)(S)C(=O)O. The van der Waals surface area contributed by atoms with E-state index in [1.54, 1.807) is 6.20 Å². The van der Waals surface area contributed by atoms with Crippen molar-refractivity contribution in [3.8, 4) is 0 Å². The molecular weight excluding hydrogens is 330 g/mol. The van der Waals surface area contributed by atoms with Crippen molar-refractivity contribution in [3.63, 3.8) is 0 Å². The van der Waals surface area contributed by atoms with E-state index in [9.17, 15) is 4.79 Å². The smallest absolute Gasteiger partial charge is 0.339 e. The van der Waals surface area contributed by atoms with Gasteiger partial charge in [-0.1, -0.05) is 96.5 Å². The summed E-state index contributed by atoms with van der Waals surface area (Å²) in [6.07, 6.45) is 23.9. The predicted molar refractivity (Wildman–Crippen MR) is 112 cm³/mol. The van der Waals surface area contributed by atoms with Crippen molar-refractivity contribution in [2.24, 2.45) is 0 Å². The summed E-state index contributed by atoms with van der Waals surface area (Å²) in [4.78, 5) is 9.66. The number of aliphatic carboxylic acids is 1. The van der Waals surface area contributed by atoms with Gasteiger partial charge in [0, 0.05) is 0 Å². The third-order valence-electron chi connectivity index (χ3n) is 4.62. The van der Waals surface area contributed by atoms with Crippen LogP contribution in [0, 0.1) is 0 Å². The normalized spacial score (nSPS) is 13.9. The van der Waals surface area contributed by atoms with E-state index >= 15 is 0 Å². The van der Waals surface area contributed by atoms with Gasteiger partial charge in [-0.3, -0.25) is 0 Å². The molecule has 0 aliphatic rings. The molecule has 1 atom stereocenters. The van der Waals surface area contributed by atoms with Crippen molar-refractivity contribution >= 4 is 18.6 Å². The molecule has 0 bridgehead atoms. The summed E-state index contributed by atoms with van der Waals surface area (Å²) in [5.41, 5.74) is 0. The lowest BCUT2D eigenvalue weighted by molar-refractivity contribution is -0.139. The van der Waals surface area contributed by atoms with Crippen LogP contribution < -0.4 is 5.32 Å². The lowest BCUT2D eigenvalue weighted by Gasteiger charge is -2.17. The number of rotatable bonds is 18. The van der Waals surface area contributed by atoms with Crippen molar-refractivity contribution in [1.29, 1.82) is 0 Å². The Labute approximate surface area is 161 Å². The van der Waals surface area contributed by atoms with Crippen LogP contribution in [-0.4, -0.2) is 15.9 Å². The van der Waals surface area contributed by atoms with E-state index in [4.69, 9.17) is 5.11 Å². The molecule has 1 unspecified atom stereocenters. The molecule has 0 spiro atoms. The first-order valence-electron chi connectivity index (χ1n) is 10.4. The Morgan fingerprint density at radius 2 is 1.28 bits per heavy atom. The summed E-state index contributed by atoms with van der Waals surface area (Å²) in [6.45, 7) is 3.81. The molecule has 148 valence electrons. The number of carboxylic acid groups (broad SMARTS) is 1. The van der Waals surface area contributed by atoms with Gasteiger partial charge in [-0.25, -0.2) is 4.79 Å². The van der Waals surface area contributed by atoms with Crippen LogP contribution in [0.1, 0.15) is 110 Å². The molecule has 0 saturated carbocycles. The number of allylic oxidation sites excluding steroid dienone is 1. The van der Waals surface area contributed by atoms with E-state index in [0.29, 0.717) is 0 Å². The van der Waals surface area contributed by atoms with Crippen LogP contribution in [-0.2, 0) is 4.79 Å². The van der Waals surface area contributed by atoms with Crippen LogP contribution in [0.5, 0.6) is 0 Å². The largest absolute Gasteiger partial charge is 0.479 e. The third kappa shape index (κ3) is 16.6. The van der Waals surface area contributed by atoms with Crippen molar-refractivity contribution in [2.45, 2.75) is 115 Å². The first kappa shape index (κ1) is 24.4. The molecule has 0 saturated heterocycles. The standard InChI is InChI=1S/C21H41NO2S/c1-3-4-5-6-7-8-9-10-11-12-13-14-15-16-17-18-19-22-21(2,25)20(23)24/h18-19,22,25H,3-17H2,1-2H3,(H,23,24). The van der Waals surface area contributed by atoms with Gasteiger partial charge in [0.05, 0.1) is 0 Å². The Bertz CT molecular complexity index is 343. The zero-order valence-corrected chi connectivity index (χ0v) is 17.5. The maximum Gasteiger partial charge on any atom is 0.339 e. The van der Waals surface area contributed by atoms with E-state index in [1.165, 1.54) is 96.8 Å². The second-order valence-electron chi connectivity index (χ2n) is 7.31. The van der Waals surface area contributed by atoms with Crippen LogP contribution in [0.4, 0.5) is 0 Å². The predicted octanol–water partition coefficient (Wildman–Crippen LogP) is 6.69. The summed E-state index contributed by atoms with van der Waals surface area (Å²) < 4.78 is 0. The number of carbonyl (C=O) groups is 1. The van der Waals surface area contributed by atoms with Crippen LogP contribution in [0.15, 0.2) is 12.3 Å². The molecule has 4 heteroatoms. The molecule has 0 fully saturated rings. The van der Waals surface area contributed by atoms with Gasteiger partial charge in [0.2, 0.25) is 0 Å². The Hall–Kier alpha value is -0.640. The minimum Gasteiger partial charge on any atom is -0.479 e. The summed E-state index contributed by atoms with van der Waals surface area (Å²) in [5.74, 6) is -0.961. The molecule has 3 nitrogen and oxygen atoms in total. The van der Waals surface area contributed by atoms with Crippen molar-refractivity contribution in [2.75, 3.05) is 0 Å².